The standard InChI is InChI=1S/C14H22N2O4S/c1-16(10-11-5-7-20-8-6-11)21(17,18)14-4-3-12(19-2)9-13(14)15/h3-4,9,11H,5-8,10,15H2,1-2H3. The Morgan fingerprint density at radius 1 is 1.38 bits per heavy atom. The van der Waals surface area contributed by atoms with Crippen LogP contribution in [0.3, 0.4) is 0 Å². The summed E-state index contributed by atoms with van der Waals surface area (Å²) in [5.41, 5.74) is 6.05. The summed E-state index contributed by atoms with van der Waals surface area (Å²) in [5.74, 6) is 0.872. The van der Waals surface area contributed by atoms with Crippen molar-refractivity contribution >= 4 is 15.7 Å². The van der Waals surface area contributed by atoms with Crippen LogP contribution in [0.4, 0.5) is 5.69 Å². The van der Waals surface area contributed by atoms with Gasteiger partial charge in [0.1, 0.15) is 10.6 Å². The number of hydrogen-bond acceptors (Lipinski definition) is 5. The minimum Gasteiger partial charge on any atom is -0.497 e. The largest absolute Gasteiger partial charge is 0.497 e. The summed E-state index contributed by atoms with van der Waals surface area (Å²) in [6, 6.07) is 4.62. The Morgan fingerprint density at radius 3 is 2.62 bits per heavy atom. The van der Waals surface area contributed by atoms with Gasteiger partial charge in [-0.15, -0.1) is 0 Å². The molecule has 2 N–H and O–H groups in total. The normalized spacial score (nSPS) is 17.1. The lowest BCUT2D eigenvalue weighted by molar-refractivity contribution is 0.0620. The zero-order valence-electron chi connectivity index (χ0n) is 12.4. The maximum Gasteiger partial charge on any atom is 0.244 e. The van der Waals surface area contributed by atoms with Crippen LogP contribution in [0, 0.1) is 5.92 Å². The number of hydrogen-bond donors (Lipinski definition) is 1. The first-order valence-corrected chi connectivity index (χ1v) is 8.36. The van der Waals surface area contributed by atoms with Crippen LogP contribution in [0.5, 0.6) is 5.75 Å². The summed E-state index contributed by atoms with van der Waals surface area (Å²) in [6.07, 6.45) is 1.77. The molecule has 1 heterocycles. The number of anilines is 1. The second kappa shape index (κ2) is 6.64. The van der Waals surface area contributed by atoms with E-state index < -0.39 is 10.0 Å². The molecule has 0 unspecified atom stereocenters. The van der Waals surface area contributed by atoms with Crippen molar-refractivity contribution in [3.05, 3.63) is 18.2 Å². The molecule has 0 bridgehead atoms. The lowest BCUT2D eigenvalue weighted by atomic mass is 10.0. The van der Waals surface area contributed by atoms with Crippen LogP contribution in [0.25, 0.3) is 0 Å². The van der Waals surface area contributed by atoms with Crippen molar-refractivity contribution in [2.24, 2.45) is 5.92 Å². The van der Waals surface area contributed by atoms with Crippen molar-refractivity contribution in [1.82, 2.24) is 4.31 Å². The minimum absolute atomic E-state index is 0.123. The Hall–Kier alpha value is -1.31. The Balaban J connectivity index is 2.16. The van der Waals surface area contributed by atoms with Gasteiger partial charge < -0.3 is 15.2 Å². The van der Waals surface area contributed by atoms with Crippen LogP contribution in [-0.2, 0) is 14.8 Å². The fourth-order valence-corrected chi connectivity index (χ4v) is 3.79. The van der Waals surface area contributed by atoms with E-state index in [4.69, 9.17) is 15.2 Å². The molecule has 0 spiro atoms. The molecule has 118 valence electrons. The van der Waals surface area contributed by atoms with Crippen LogP contribution in [0.15, 0.2) is 23.1 Å². The zero-order chi connectivity index (χ0) is 15.5. The first-order valence-electron chi connectivity index (χ1n) is 6.92. The molecule has 0 radical (unpaired) electrons. The highest BCUT2D eigenvalue weighted by Gasteiger charge is 2.26. The maximum absolute atomic E-state index is 12.6. The van der Waals surface area contributed by atoms with Crippen LogP contribution < -0.4 is 10.5 Å². The number of sulfonamides is 1. The molecule has 7 heteroatoms. The first-order chi connectivity index (χ1) is 9.95. The SMILES string of the molecule is COc1ccc(S(=O)(=O)N(C)CC2CCOCC2)c(N)c1. The van der Waals surface area contributed by atoms with Crippen LogP contribution in [0.2, 0.25) is 0 Å². The molecule has 0 saturated carbocycles. The Kier molecular flexibility index (Phi) is 5.08. The molecular formula is C14H22N2O4S. The molecule has 2 rings (SSSR count). The van der Waals surface area contributed by atoms with E-state index >= 15 is 0 Å². The minimum atomic E-state index is -3.58. The fraction of sp³-hybridized carbons (Fsp3) is 0.571. The predicted octanol–water partition coefficient (Wildman–Crippen LogP) is 1.32. The molecule has 1 aromatic carbocycles. The van der Waals surface area contributed by atoms with Gasteiger partial charge in [0, 0.05) is 32.9 Å². The summed E-state index contributed by atoms with van der Waals surface area (Å²) in [7, 11) is -0.476. The molecule has 0 atom stereocenters. The van der Waals surface area contributed by atoms with Gasteiger partial charge in [0.2, 0.25) is 10.0 Å². The van der Waals surface area contributed by atoms with Gasteiger partial charge in [-0.05, 0) is 30.9 Å². The van der Waals surface area contributed by atoms with Crippen molar-refractivity contribution < 1.29 is 17.9 Å². The van der Waals surface area contributed by atoms with Crippen molar-refractivity contribution in [1.29, 1.82) is 0 Å². The van der Waals surface area contributed by atoms with Gasteiger partial charge in [-0.3, -0.25) is 0 Å². The highest BCUT2D eigenvalue weighted by molar-refractivity contribution is 7.89. The third-order valence-corrected chi connectivity index (χ3v) is 5.66. The lowest BCUT2D eigenvalue weighted by Crippen LogP contribution is -2.34. The number of methoxy groups -OCH3 is 1. The summed E-state index contributed by atoms with van der Waals surface area (Å²) in [6.45, 7) is 1.88. The smallest absolute Gasteiger partial charge is 0.244 e. The Bertz CT molecular complexity index is 583. The first kappa shape index (κ1) is 16.1. The average Bonchev–Trinajstić information content (AvgIpc) is 2.47. The molecule has 1 aliphatic heterocycles. The molecule has 6 nitrogen and oxygen atoms in total. The lowest BCUT2D eigenvalue weighted by Gasteiger charge is -2.27. The van der Waals surface area contributed by atoms with Crippen LogP contribution in [0.1, 0.15) is 12.8 Å². The highest BCUT2D eigenvalue weighted by Crippen LogP contribution is 2.27. The third-order valence-electron chi connectivity index (χ3n) is 3.76. The molecule has 0 aromatic heterocycles. The van der Waals surface area contributed by atoms with E-state index in [1.165, 1.54) is 23.5 Å². The van der Waals surface area contributed by atoms with E-state index in [0.29, 0.717) is 31.4 Å². The topological polar surface area (TPSA) is 81.9 Å². The van der Waals surface area contributed by atoms with E-state index in [-0.39, 0.29) is 10.6 Å². The van der Waals surface area contributed by atoms with Gasteiger partial charge >= 0.3 is 0 Å². The van der Waals surface area contributed by atoms with Crippen molar-refractivity contribution in [2.75, 3.05) is 39.6 Å². The second-order valence-electron chi connectivity index (χ2n) is 5.25. The summed E-state index contributed by atoms with van der Waals surface area (Å²) < 4.78 is 36.9. The van der Waals surface area contributed by atoms with Crippen molar-refractivity contribution in [3.8, 4) is 5.75 Å². The van der Waals surface area contributed by atoms with Gasteiger partial charge in [-0.2, -0.15) is 0 Å². The van der Waals surface area contributed by atoms with Crippen molar-refractivity contribution in [3.63, 3.8) is 0 Å². The van der Waals surface area contributed by atoms with Gasteiger partial charge in [0.25, 0.3) is 0 Å². The number of nitrogens with two attached hydrogens (primary N) is 1. The number of nitrogens with zero attached hydrogens (tertiary/aromatic N) is 1. The van der Waals surface area contributed by atoms with Crippen LogP contribution in [-0.4, -0.2) is 46.6 Å². The van der Waals surface area contributed by atoms with Gasteiger partial charge in [0.05, 0.1) is 12.8 Å². The molecule has 0 amide bonds. The Labute approximate surface area is 125 Å². The van der Waals surface area contributed by atoms with Gasteiger partial charge in [-0.1, -0.05) is 0 Å². The third kappa shape index (κ3) is 3.66. The fourth-order valence-electron chi connectivity index (χ4n) is 2.45. The summed E-state index contributed by atoms with van der Waals surface area (Å²) >= 11 is 0. The van der Waals surface area contributed by atoms with Crippen molar-refractivity contribution in [2.45, 2.75) is 17.7 Å². The predicted molar refractivity (Wildman–Crippen MR) is 80.8 cm³/mol. The molecule has 21 heavy (non-hydrogen) atoms. The summed E-state index contributed by atoms with van der Waals surface area (Å²) in [4.78, 5) is 0.123. The van der Waals surface area contributed by atoms with Crippen LogP contribution >= 0.6 is 0 Å². The average molecular weight is 314 g/mol. The molecular weight excluding hydrogens is 292 g/mol. The van der Waals surface area contributed by atoms with E-state index in [0.717, 1.165) is 12.8 Å². The number of benzene rings is 1. The molecule has 1 aliphatic rings. The zero-order valence-corrected chi connectivity index (χ0v) is 13.2. The molecule has 1 aromatic rings. The summed E-state index contributed by atoms with van der Waals surface area (Å²) in [5, 5.41) is 0. The molecule has 1 saturated heterocycles. The number of rotatable bonds is 5. The molecule has 1 fully saturated rings. The molecule has 0 aliphatic carbocycles. The quantitative estimate of drug-likeness (QED) is 0.829. The maximum atomic E-state index is 12.6. The number of nitrogen functional groups attached to an aromatic ring is 1. The van der Waals surface area contributed by atoms with E-state index in [9.17, 15) is 8.42 Å². The monoisotopic (exact) mass is 314 g/mol. The van der Waals surface area contributed by atoms with E-state index in [1.54, 1.807) is 13.1 Å². The second-order valence-corrected chi connectivity index (χ2v) is 7.26. The number of ether oxygens (including phenoxy) is 2. The Morgan fingerprint density at radius 2 is 2.05 bits per heavy atom. The van der Waals surface area contributed by atoms with E-state index in [2.05, 4.69) is 0 Å². The van der Waals surface area contributed by atoms with Gasteiger partial charge in [0.15, 0.2) is 0 Å². The van der Waals surface area contributed by atoms with Gasteiger partial charge in [-0.25, -0.2) is 12.7 Å². The highest BCUT2D eigenvalue weighted by atomic mass is 32.2. The van der Waals surface area contributed by atoms with E-state index in [1.807, 2.05) is 0 Å².